The molecule has 0 bridgehead atoms. The molecule has 0 atom stereocenters. The number of sulfonamides is 1. The molecule has 0 aliphatic rings. The van der Waals surface area contributed by atoms with Gasteiger partial charge in [-0.2, -0.15) is 0 Å². The van der Waals surface area contributed by atoms with Gasteiger partial charge in [0.15, 0.2) is 0 Å². The molecule has 0 radical (unpaired) electrons. The number of carbonyl (C=O) groups is 1. The Hall–Kier alpha value is -1.89. The third kappa shape index (κ3) is 6.01. The first-order valence-corrected chi connectivity index (χ1v) is 7.31. The number of hydrogen-bond acceptors (Lipinski definition) is 4. The van der Waals surface area contributed by atoms with Crippen LogP contribution in [0.3, 0.4) is 0 Å². The second-order valence-corrected chi connectivity index (χ2v) is 6.19. The minimum atomic E-state index is -3.43. The average Bonchev–Trinajstić information content (AvgIpc) is 2.24. The Labute approximate surface area is 112 Å². The quantitative estimate of drug-likeness (QED) is 0.773. The van der Waals surface area contributed by atoms with Crippen molar-refractivity contribution in [1.82, 2.24) is 4.98 Å². The SMILES string of the molecule is CC(C)CS(=O)(=O)Nc1cc(/C=C/C(=O)O)ccn1. The van der Waals surface area contributed by atoms with Crippen LogP contribution in [-0.4, -0.2) is 30.2 Å². The largest absolute Gasteiger partial charge is 0.478 e. The van der Waals surface area contributed by atoms with Crippen molar-refractivity contribution in [2.45, 2.75) is 13.8 Å². The number of pyridine rings is 1. The molecule has 0 fully saturated rings. The van der Waals surface area contributed by atoms with E-state index in [2.05, 4.69) is 9.71 Å². The van der Waals surface area contributed by atoms with E-state index in [1.165, 1.54) is 18.3 Å². The number of carboxylic acid groups (broad SMARTS) is 1. The Bertz CT molecular complexity index is 579. The third-order valence-corrected chi connectivity index (χ3v) is 3.64. The lowest BCUT2D eigenvalue weighted by molar-refractivity contribution is -0.131. The van der Waals surface area contributed by atoms with Crippen molar-refractivity contribution in [3.05, 3.63) is 30.0 Å². The van der Waals surface area contributed by atoms with Crippen LogP contribution < -0.4 is 4.72 Å². The Morgan fingerprint density at radius 2 is 2.21 bits per heavy atom. The van der Waals surface area contributed by atoms with Crippen LogP contribution in [0, 0.1) is 5.92 Å². The van der Waals surface area contributed by atoms with E-state index in [-0.39, 0.29) is 17.5 Å². The highest BCUT2D eigenvalue weighted by molar-refractivity contribution is 7.92. The molecule has 7 heteroatoms. The Kier molecular flexibility index (Phi) is 5.05. The smallest absolute Gasteiger partial charge is 0.328 e. The molecule has 19 heavy (non-hydrogen) atoms. The van der Waals surface area contributed by atoms with Crippen LogP contribution in [0.15, 0.2) is 24.4 Å². The third-order valence-electron chi connectivity index (χ3n) is 2.02. The molecular formula is C12H16N2O4S. The maximum atomic E-state index is 11.7. The minimum Gasteiger partial charge on any atom is -0.478 e. The fourth-order valence-electron chi connectivity index (χ4n) is 1.41. The lowest BCUT2D eigenvalue weighted by Gasteiger charge is -2.09. The van der Waals surface area contributed by atoms with Gasteiger partial charge in [-0.05, 0) is 29.7 Å². The van der Waals surface area contributed by atoms with Crippen LogP contribution >= 0.6 is 0 Å². The van der Waals surface area contributed by atoms with Gasteiger partial charge in [-0.25, -0.2) is 18.2 Å². The maximum Gasteiger partial charge on any atom is 0.328 e. The maximum absolute atomic E-state index is 11.7. The van der Waals surface area contributed by atoms with E-state index in [0.717, 1.165) is 6.08 Å². The van der Waals surface area contributed by atoms with E-state index in [9.17, 15) is 13.2 Å². The summed E-state index contributed by atoms with van der Waals surface area (Å²) >= 11 is 0. The summed E-state index contributed by atoms with van der Waals surface area (Å²) in [4.78, 5) is 14.3. The number of nitrogens with one attached hydrogen (secondary N) is 1. The molecule has 0 saturated carbocycles. The van der Waals surface area contributed by atoms with Crippen LogP contribution in [0.25, 0.3) is 6.08 Å². The summed E-state index contributed by atoms with van der Waals surface area (Å²) in [6.45, 7) is 3.61. The molecule has 0 spiro atoms. The minimum absolute atomic E-state index is 0.00384. The number of carboxylic acids is 1. The molecule has 0 aromatic carbocycles. The van der Waals surface area contributed by atoms with Gasteiger partial charge >= 0.3 is 5.97 Å². The molecule has 6 nitrogen and oxygen atoms in total. The first kappa shape index (κ1) is 15.2. The van der Waals surface area contributed by atoms with Crippen LogP contribution in [0.2, 0.25) is 0 Å². The highest BCUT2D eigenvalue weighted by Gasteiger charge is 2.13. The highest BCUT2D eigenvalue weighted by Crippen LogP contribution is 2.11. The van der Waals surface area contributed by atoms with Gasteiger partial charge in [0.1, 0.15) is 5.82 Å². The average molecular weight is 284 g/mol. The molecule has 104 valence electrons. The van der Waals surface area contributed by atoms with Gasteiger partial charge < -0.3 is 5.11 Å². The van der Waals surface area contributed by atoms with Crippen molar-refractivity contribution in [2.24, 2.45) is 5.92 Å². The normalized spacial score (nSPS) is 11.9. The summed E-state index contributed by atoms with van der Waals surface area (Å²) < 4.78 is 25.8. The zero-order valence-corrected chi connectivity index (χ0v) is 11.5. The number of anilines is 1. The molecule has 0 amide bonds. The summed E-state index contributed by atoms with van der Waals surface area (Å²) in [6.07, 6.45) is 3.75. The Morgan fingerprint density at radius 1 is 1.53 bits per heavy atom. The molecule has 0 aliphatic heterocycles. The first-order chi connectivity index (χ1) is 8.78. The van der Waals surface area contributed by atoms with E-state index in [4.69, 9.17) is 5.11 Å². The number of hydrogen-bond donors (Lipinski definition) is 2. The van der Waals surface area contributed by atoms with Gasteiger partial charge in [0.05, 0.1) is 5.75 Å². The topological polar surface area (TPSA) is 96.4 Å². The second kappa shape index (κ2) is 6.33. The summed E-state index contributed by atoms with van der Waals surface area (Å²) in [5.41, 5.74) is 0.555. The lowest BCUT2D eigenvalue weighted by Crippen LogP contribution is -2.20. The van der Waals surface area contributed by atoms with Crippen LogP contribution in [0.4, 0.5) is 5.82 Å². The van der Waals surface area contributed by atoms with Gasteiger partial charge in [0, 0.05) is 12.3 Å². The van der Waals surface area contributed by atoms with Gasteiger partial charge in [0.2, 0.25) is 10.0 Å². The van der Waals surface area contributed by atoms with Crippen molar-refractivity contribution in [3.8, 4) is 0 Å². The molecule has 1 rings (SSSR count). The fourth-order valence-corrected chi connectivity index (χ4v) is 2.80. The fraction of sp³-hybridized carbons (Fsp3) is 0.333. The van der Waals surface area contributed by atoms with Crippen LogP contribution in [0.5, 0.6) is 0 Å². The standard InChI is InChI=1S/C12H16N2O4S/c1-9(2)8-19(17,18)14-11-7-10(5-6-13-11)3-4-12(15)16/h3-7,9H,8H2,1-2H3,(H,13,14)(H,15,16)/b4-3+. The van der Waals surface area contributed by atoms with Crippen molar-refractivity contribution >= 4 is 27.9 Å². The Morgan fingerprint density at radius 3 is 2.79 bits per heavy atom. The van der Waals surface area contributed by atoms with Gasteiger partial charge in [0.25, 0.3) is 0 Å². The molecule has 1 aromatic rings. The van der Waals surface area contributed by atoms with E-state index in [1.807, 2.05) is 0 Å². The predicted octanol–water partition coefficient (Wildman–Crippen LogP) is 1.58. The number of aromatic nitrogens is 1. The van der Waals surface area contributed by atoms with E-state index < -0.39 is 16.0 Å². The van der Waals surface area contributed by atoms with Crippen molar-refractivity contribution in [3.63, 3.8) is 0 Å². The van der Waals surface area contributed by atoms with Crippen molar-refractivity contribution in [2.75, 3.05) is 10.5 Å². The molecular weight excluding hydrogens is 268 g/mol. The van der Waals surface area contributed by atoms with Gasteiger partial charge in [-0.3, -0.25) is 4.72 Å². The summed E-state index contributed by atoms with van der Waals surface area (Å²) in [7, 11) is -3.43. The van der Waals surface area contributed by atoms with Crippen molar-refractivity contribution < 1.29 is 18.3 Å². The first-order valence-electron chi connectivity index (χ1n) is 5.66. The predicted molar refractivity (Wildman–Crippen MR) is 73.2 cm³/mol. The number of aliphatic carboxylic acids is 1. The summed E-state index contributed by atoms with van der Waals surface area (Å²) in [6, 6.07) is 3.05. The molecule has 0 unspecified atom stereocenters. The molecule has 1 heterocycles. The van der Waals surface area contributed by atoms with E-state index in [1.54, 1.807) is 19.9 Å². The monoisotopic (exact) mass is 284 g/mol. The van der Waals surface area contributed by atoms with E-state index >= 15 is 0 Å². The zero-order chi connectivity index (χ0) is 14.5. The van der Waals surface area contributed by atoms with Gasteiger partial charge in [-0.1, -0.05) is 13.8 Å². The molecule has 1 aromatic heterocycles. The molecule has 0 aliphatic carbocycles. The van der Waals surface area contributed by atoms with E-state index in [0.29, 0.717) is 5.56 Å². The summed E-state index contributed by atoms with van der Waals surface area (Å²) in [5, 5.41) is 8.52. The lowest BCUT2D eigenvalue weighted by atomic mass is 10.2. The van der Waals surface area contributed by atoms with Crippen LogP contribution in [-0.2, 0) is 14.8 Å². The number of rotatable bonds is 6. The van der Waals surface area contributed by atoms with Gasteiger partial charge in [-0.15, -0.1) is 0 Å². The zero-order valence-electron chi connectivity index (χ0n) is 10.7. The second-order valence-electron chi connectivity index (χ2n) is 4.42. The van der Waals surface area contributed by atoms with Crippen LogP contribution in [0.1, 0.15) is 19.4 Å². The highest BCUT2D eigenvalue weighted by atomic mass is 32.2. The van der Waals surface area contributed by atoms with Crippen molar-refractivity contribution in [1.29, 1.82) is 0 Å². The Balaban J connectivity index is 2.86. The summed E-state index contributed by atoms with van der Waals surface area (Å²) in [5.74, 6) is -0.885. The number of nitrogens with zero attached hydrogens (tertiary/aromatic N) is 1. The molecule has 0 saturated heterocycles. The molecule has 2 N–H and O–H groups in total.